The van der Waals surface area contributed by atoms with Crippen LogP contribution >= 0.6 is 0 Å². The SMILES string of the molecule is Cc1ccn2c(=O)cc(CNC(C(=O)O)C(C)C)nc2c1. The number of carboxylic acids is 1. The minimum atomic E-state index is -0.904. The van der Waals surface area contributed by atoms with E-state index in [1.165, 1.54) is 10.5 Å². The van der Waals surface area contributed by atoms with Crippen LogP contribution in [-0.2, 0) is 11.3 Å². The predicted molar refractivity (Wildman–Crippen MR) is 79.3 cm³/mol. The first-order valence-electron chi connectivity index (χ1n) is 6.83. The Hall–Kier alpha value is -2.21. The average molecular weight is 289 g/mol. The fraction of sp³-hybridized carbons (Fsp3) is 0.400. The highest BCUT2D eigenvalue weighted by molar-refractivity contribution is 5.73. The molecule has 2 aromatic rings. The summed E-state index contributed by atoms with van der Waals surface area (Å²) in [4.78, 5) is 27.5. The topological polar surface area (TPSA) is 83.7 Å². The number of pyridine rings is 1. The highest BCUT2D eigenvalue weighted by Gasteiger charge is 2.20. The molecule has 0 spiro atoms. The van der Waals surface area contributed by atoms with Crippen molar-refractivity contribution < 1.29 is 9.90 Å². The van der Waals surface area contributed by atoms with E-state index in [-0.39, 0.29) is 18.0 Å². The molecule has 0 amide bonds. The van der Waals surface area contributed by atoms with Gasteiger partial charge in [0.1, 0.15) is 11.7 Å². The van der Waals surface area contributed by atoms with Crippen LogP contribution in [0.4, 0.5) is 0 Å². The molecule has 0 aliphatic carbocycles. The van der Waals surface area contributed by atoms with Crippen LogP contribution in [0.25, 0.3) is 5.65 Å². The number of carboxylic acid groups (broad SMARTS) is 1. The molecule has 0 aliphatic rings. The fourth-order valence-corrected chi connectivity index (χ4v) is 2.17. The molecule has 2 N–H and O–H groups in total. The maximum Gasteiger partial charge on any atom is 0.320 e. The number of aryl methyl sites for hydroxylation is 1. The zero-order chi connectivity index (χ0) is 15.6. The van der Waals surface area contributed by atoms with E-state index in [1.54, 1.807) is 6.20 Å². The van der Waals surface area contributed by atoms with Gasteiger partial charge in [0.25, 0.3) is 5.56 Å². The van der Waals surface area contributed by atoms with Crippen LogP contribution in [-0.4, -0.2) is 26.5 Å². The van der Waals surface area contributed by atoms with Crippen LogP contribution < -0.4 is 10.9 Å². The van der Waals surface area contributed by atoms with Gasteiger partial charge in [-0.1, -0.05) is 13.8 Å². The summed E-state index contributed by atoms with van der Waals surface area (Å²) in [5.74, 6) is -0.954. The summed E-state index contributed by atoms with van der Waals surface area (Å²) in [5, 5.41) is 12.1. The van der Waals surface area contributed by atoms with E-state index in [2.05, 4.69) is 10.3 Å². The van der Waals surface area contributed by atoms with Gasteiger partial charge in [0.15, 0.2) is 0 Å². The molecule has 0 fully saturated rings. The van der Waals surface area contributed by atoms with Crippen molar-refractivity contribution in [2.24, 2.45) is 5.92 Å². The summed E-state index contributed by atoms with van der Waals surface area (Å²) < 4.78 is 1.47. The van der Waals surface area contributed by atoms with Crippen molar-refractivity contribution in [3.8, 4) is 0 Å². The van der Waals surface area contributed by atoms with Crippen molar-refractivity contribution in [2.75, 3.05) is 0 Å². The number of fused-ring (bicyclic) bond motifs is 1. The Balaban J connectivity index is 2.27. The zero-order valence-electron chi connectivity index (χ0n) is 12.3. The number of aromatic nitrogens is 2. The molecule has 2 aromatic heterocycles. The van der Waals surface area contributed by atoms with Gasteiger partial charge >= 0.3 is 5.97 Å². The van der Waals surface area contributed by atoms with Gasteiger partial charge in [-0.2, -0.15) is 0 Å². The fourth-order valence-electron chi connectivity index (χ4n) is 2.17. The molecule has 6 nitrogen and oxygen atoms in total. The molecule has 2 heterocycles. The summed E-state index contributed by atoms with van der Waals surface area (Å²) in [7, 11) is 0. The van der Waals surface area contributed by atoms with Gasteiger partial charge in [-0.3, -0.25) is 19.3 Å². The molecule has 0 bridgehead atoms. The summed E-state index contributed by atoms with van der Waals surface area (Å²) in [6.45, 7) is 5.83. The minimum absolute atomic E-state index is 0.0497. The maximum absolute atomic E-state index is 12.0. The smallest absolute Gasteiger partial charge is 0.320 e. The molecule has 0 aliphatic heterocycles. The van der Waals surface area contributed by atoms with Crippen molar-refractivity contribution in [1.82, 2.24) is 14.7 Å². The molecular weight excluding hydrogens is 270 g/mol. The number of nitrogens with zero attached hydrogens (tertiary/aromatic N) is 2. The predicted octanol–water partition coefficient (Wildman–Crippen LogP) is 1.20. The maximum atomic E-state index is 12.0. The average Bonchev–Trinajstić information content (AvgIpc) is 2.37. The van der Waals surface area contributed by atoms with E-state index in [4.69, 9.17) is 5.11 Å². The molecule has 0 radical (unpaired) electrons. The monoisotopic (exact) mass is 289 g/mol. The van der Waals surface area contributed by atoms with Crippen molar-refractivity contribution in [2.45, 2.75) is 33.4 Å². The van der Waals surface area contributed by atoms with E-state index in [0.717, 1.165) is 5.56 Å². The second-order valence-corrected chi connectivity index (χ2v) is 5.46. The van der Waals surface area contributed by atoms with Gasteiger partial charge in [0.05, 0.1) is 5.69 Å². The lowest BCUT2D eigenvalue weighted by Crippen LogP contribution is -2.40. The van der Waals surface area contributed by atoms with E-state index < -0.39 is 12.0 Å². The Bertz CT molecular complexity index is 722. The normalized spacial score (nSPS) is 12.8. The van der Waals surface area contributed by atoms with Gasteiger partial charge in [-0.05, 0) is 30.5 Å². The van der Waals surface area contributed by atoms with Crippen LogP contribution in [0.15, 0.2) is 29.2 Å². The second-order valence-electron chi connectivity index (χ2n) is 5.46. The molecule has 0 aromatic carbocycles. The van der Waals surface area contributed by atoms with Gasteiger partial charge < -0.3 is 5.11 Å². The Kier molecular flexibility index (Phi) is 4.37. The molecule has 112 valence electrons. The van der Waals surface area contributed by atoms with Crippen LogP contribution in [0, 0.1) is 12.8 Å². The zero-order valence-corrected chi connectivity index (χ0v) is 12.3. The van der Waals surface area contributed by atoms with Crippen molar-refractivity contribution in [1.29, 1.82) is 0 Å². The number of hydrogen-bond donors (Lipinski definition) is 2. The first kappa shape index (κ1) is 15.2. The first-order valence-corrected chi connectivity index (χ1v) is 6.83. The first-order chi connectivity index (χ1) is 9.88. The van der Waals surface area contributed by atoms with E-state index >= 15 is 0 Å². The van der Waals surface area contributed by atoms with Gasteiger partial charge in [-0.15, -0.1) is 0 Å². The lowest BCUT2D eigenvalue weighted by molar-refractivity contribution is -0.140. The number of hydrogen-bond acceptors (Lipinski definition) is 4. The third-order valence-corrected chi connectivity index (χ3v) is 3.31. The Morgan fingerprint density at radius 3 is 2.76 bits per heavy atom. The van der Waals surface area contributed by atoms with Gasteiger partial charge in [-0.25, -0.2) is 4.98 Å². The minimum Gasteiger partial charge on any atom is -0.480 e. The third kappa shape index (κ3) is 3.46. The molecule has 2 rings (SSSR count). The van der Waals surface area contributed by atoms with Crippen LogP contribution in [0.2, 0.25) is 0 Å². The third-order valence-electron chi connectivity index (χ3n) is 3.31. The number of carbonyl (C=O) groups is 1. The van der Waals surface area contributed by atoms with Gasteiger partial charge in [0.2, 0.25) is 0 Å². The van der Waals surface area contributed by atoms with Crippen LogP contribution in [0.1, 0.15) is 25.1 Å². The highest BCUT2D eigenvalue weighted by atomic mass is 16.4. The Morgan fingerprint density at radius 1 is 1.43 bits per heavy atom. The van der Waals surface area contributed by atoms with Crippen molar-refractivity contribution in [3.05, 3.63) is 46.0 Å². The summed E-state index contributed by atoms with van der Waals surface area (Å²) in [6.07, 6.45) is 1.69. The van der Waals surface area contributed by atoms with Crippen LogP contribution in [0.5, 0.6) is 0 Å². The summed E-state index contributed by atoms with van der Waals surface area (Å²) >= 11 is 0. The standard InChI is InChI=1S/C15H19N3O3/c1-9(2)14(15(20)21)16-8-11-7-13(19)18-5-4-10(3)6-12(18)17-11/h4-7,9,14,16H,8H2,1-3H3,(H,20,21). The number of aliphatic carboxylic acids is 1. The van der Waals surface area contributed by atoms with E-state index in [1.807, 2.05) is 32.9 Å². The van der Waals surface area contributed by atoms with E-state index in [0.29, 0.717) is 11.3 Å². The highest BCUT2D eigenvalue weighted by Crippen LogP contribution is 2.05. The summed E-state index contributed by atoms with van der Waals surface area (Å²) in [6, 6.07) is 4.42. The van der Waals surface area contributed by atoms with Crippen molar-refractivity contribution >= 4 is 11.6 Å². The quantitative estimate of drug-likeness (QED) is 0.864. The molecule has 0 saturated heterocycles. The number of rotatable bonds is 5. The number of nitrogens with one attached hydrogen (secondary N) is 1. The van der Waals surface area contributed by atoms with Gasteiger partial charge in [0, 0.05) is 18.8 Å². The molecule has 6 heteroatoms. The lowest BCUT2D eigenvalue weighted by Gasteiger charge is -2.17. The van der Waals surface area contributed by atoms with Crippen LogP contribution in [0.3, 0.4) is 0 Å². The second kappa shape index (κ2) is 6.05. The summed E-state index contributed by atoms with van der Waals surface area (Å²) in [5.41, 5.74) is 1.94. The Morgan fingerprint density at radius 2 is 2.14 bits per heavy atom. The van der Waals surface area contributed by atoms with E-state index in [9.17, 15) is 9.59 Å². The largest absolute Gasteiger partial charge is 0.480 e. The molecular formula is C15H19N3O3. The lowest BCUT2D eigenvalue weighted by atomic mass is 10.0. The molecule has 0 saturated carbocycles. The van der Waals surface area contributed by atoms with Crippen molar-refractivity contribution in [3.63, 3.8) is 0 Å². The molecule has 21 heavy (non-hydrogen) atoms. The Labute approximate surface area is 122 Å². The molecule has 1 atom stereocenters. The molecule has 1 unspecified atom stereocenters.